The monoisotopic (exact) mass is 355 g/mol. The number of amides is 1. The smallest absolute Gasteiger partial charge is 0.410 e. The zero-order chi connectivity index (χ0) is 15.5. The highest BCUT2D eigenvalue weighted by Gasteiger charge is 2.29. The molecule has 0 bridgehead atoms. The van der Waals surface area contributed by atoms with Crippen LogP contribution in [0, 0.1) is 5.92 Å². The molecule has 1 unspecified atom stereocenters. The number of anilines is 1. The standard InChI is InChI=1S/C15H22BrN3O2/c1-15(2,3)21-14(20)19-7-6-11(10-19)8-17-13-5-4-12(16)9-18-13/h4-5,9,11H,6-8,10H2,1-3H3,(H,17,18). The maximum Gasteiger partial charge on any atom is 0.410 e. The van der Waals surface area contributed by atoms with E-state index in [-0.39, 0.29) is 6.09 Å². The number of likely N-dealkylation sites (tertiary alicyclic amines) is 1. The lowest BCUT2D eigenvalue weighted by Crippen LogP contribution is -2.35. The Morgan fingerprint density at radius 2 is 2.29 bits per heavy atom. The Labute approximate surface area is 134 Å². The van der Waals surface area contributed by atoms with Crippen molar-refractivity contribution in [3.8, 4) is 0 Å². The average molecular weight is 356 g/mol. The molecule has 1 aliphatic heterocycles. The number of halogens is 1. The Hall–Kier alpha value is -1.30. The van der Waals surface area contributed by atoms with Crippen molar-refractivity contribution < 1.29 is 9.53 Å². The fourth-order valence-corrected chi connectivity index (χ4v) is 2.46. The maximum atomic E-state index is 12.0. The number of carbonyl (C=O) groups excluding carboxylic acids is 1. The summed E-state index contributed by atoms with van der Waals surface area (Å²) in [5.41, 5.74) is -0.436. The summed E-state index contributed by atoms with van der Waals surface area (Å²) in [5, 5.41) is 3.31. The normalized spacial score (nSPS) is 18.7. The van der Waals surface area contributed by atoms with Crippen LogP contribution >= 0.6 is 15.9 Å². The third-order valence-electron chi connectivity index (χ3n) is 3.24. The third-order valence-corrected chi connectivity index (χ3v) is 3.71. The van der Waals surface area contributed by atoms with Gasteiger partial charge in [0.1, 0.15) is 11.4 Å². The van der Waals surface area contributed by atoms with Gasteiger partial charge in [-0.3, -0.25) is 0 Å². The van der Waals surface area contributed by atoms with Crippen LogP contribution in [0.15, 0.2) is 22.8 Å². The van der Waals surface area contributed by atoms with Crippen LogP contribution in [0.5, 0.6) is 0 Å². The molecule has 2 rings (SSSR count). The molecule has 1 aromatic heterocycles. The highest BCUT2D eigenvalue weighted by atomic mass is 79.9. The van der Waals surface area contributed by atoms with E-state index in [4.69, 9.17) is 4.74 Å². The van der Waals surface area contributed by atoms with Crippen molar-refractivity contribution in [1.82, 2.24) is 9.88 Å². The summed E-state index contributed by atoms with van der Waals surface area (Å²) in [6.07, 6.45) is 2.54. The number of pyridine rings is 1. The van der Waals surface area contributed by atoms with Crippen LogP contribution in [-0.2, 0) is 4.74 Å². The van der Waals surface area contributed by atoms with Gasteiger partial charge in [0.15, 0.2) is 0 Å². The highest BCUT2D eigenvalue weighted by molar-refractivity contribution is 9.10. The first-order chi connectivity index (χ1) is 9.83. The molecule has 1 atom stereocenters. The van der Waals surface area contributed by atoms with E-state index >= 15 is 0 Å². The fourth-order valence-electron chi connectivity index (χ4n) is 2.22. The van der Waals surface area contributed by atoms with Crippen molar-refractivity contribution in [2.45, 2.75) is 32.8 Å². The molecule has 1 amide bonds. The summed E-state index contributed by atoms with van der Waals surface area (Å²) in [7, 11) is 0. The Morgan fingerprint density at radius 1 is 1.52 bits per heavy atom. The minimum atomic E-state index is -0.436. The van der Waals surface area contributed by atoms with E-state index < -0.39 is 5.60 Å². The van der Waals surface area contributed by atoms with E-state index in [0.29, 0.717) is 5.92 Å². The molecule has 0 aromatic carbocycles. The number of nitrogens with one attached hydrogen (secondary N) is 1. The lowest BCUT2D eigenvalue weighted by Gasteiger charge is -2.24. The van der Waals surface area contributed by atoms with E-state index in [0.717, 1.165) is 36.3 Å². The van der Waals surface area contributed by atoms with Crippen LogP contribution in [0.3, 0.4) is 0 Å². The second-order valence-corrected chi connectivity index (χ2v) is 7.24. The summed E-state index contributed by atoms with van der Waals surface area (Å²) in [4.78, 5) is 18.0. The minimum absolute atomic E-state index is 0.216. The SMILES string of the molecule is CC(C)(C)OC(=O)N1CCC(CNc2ccc(Br)cn2)C1. The molecule has 6 heteroatoms. The van der Waals surface area contributed by atoms with Gasteiger partial charge < -0.3 is 15.0 Å². The molecule has 0 spiro atoms. The first kappa shape index (κ1) is 16.1. The summed E-state index contributed by atoms with van der Waals surface area (Å²) < 4.78 is 6.36. The number of nitrogens with zero attached hydrogens (tertiary/aromatic N) is 2. The second-order valence-electron chi connectivity index (χ2n) is 6.32. The van der Waals surface area contributed by atoms with Gasteiger partial charge >= 0.3 is 6.09 Å². The van der Waals surface area contributed by atoms with Crippen molar-refractivity contribution in [2.75, 3.05) is 25.0 Å². The topological polar surface area (TPSA) is 54.5 Å². The molecule has 5 nitrogen and oxygen atoms in total. The number of rotatable bonds is 3. The Bertz CT molecular complexity index is 485. The van der Waals surface area contributed by atoms with Crippen LogP contribution in [0.2, 0.25) is 0 Å². The van der Waals surface area contributed by atoms with Gasteiger partial charge in [0, 0.05) is 30.3 Å². The zero-order valence-electron chi connectivity index (χ0n) is 12.7. The van der Waals surface area contributed by atoms with Crippen molar-refractivity contribution in [3.05, 3.63) is 22.8 Å². The molecule has 1 N–H and O–H groups in total. The number of carbonyl (C=O) groups is 1. The van der Waals surface area contributed by atoms with Crippen LogP contribution in [0.4, 0.5) is 10.6 Å². The lowest BCUT2D eigenvalue weighted by atomic mass is 10.1. The van der Waals surface area contributed by atoms with E-state index in [1.165, 1.54) is 0 Å². The second kappa shape index (κ2) is 6.64. The summed E-state index contributed by atoms with van der Waals surface area (Å²) in [6, 6.07) is 3.89. The van der Waals surface area contributed by atoms with Gasteiger partial charge in [-0.15, -0.1) is 0 Å². The molecular formula is C15H22BrN3O2. The van der Waals surface area contributed by atoms with Gasteiger partial charge in [-0.2, -0.15) is 0 Å². The van der Waals surface area contributed by atoms with Gasteiger partial charge in [0.25, 0.3) is 0 Å². The van der Waals surface area contributed by atoms with Gasteiger partial charge in [-0.25, -0.2) is 9.78 Å². The largest absolute Gasteiger partial charge is 0.444 e. The number of aromatic nitrogens is 1. The summed E-state index contributed by atoms with van der Waals surface area (Å²) in [6.45, 7) is 7.97. The maximum absolute atomic E-state index is 12.0. The molecule has 0 radical (unpaired) electrons. The van der Waals surface area contributed by atoms with Crippen molar-refractivity contribution >= 4 is 27.8 Å². The Kier molecular flexibility index (Phi) is 5.08. The van der Waals surface area contributed by atoms with E-state index in [1.54, 1.807) is 11.1 Å². The molecule has 2 heterocycles. The molecule has 116 valence electrons. The Morgan fingerprint density at radius 3 is 2.90 bits per heavy atom. The van der Waals surface area contributed by atoms with E-state index in [1.807, 2.05) is 32.9 Å². The van der Waals surface area contributed by atoms with Crippen LogP contribution in [0.25, 0.3) is 0 Å². The van der Waals surface area contributed by atoms with E-state index in [2.05, 4.69) is 26.2 Å². The van der Waals surface area contributed by atoms with E-state index in [9.17, 15) is 4.79 Å². The zero-order valence-corrected chi connectivity index (χ0v) is 14.3. The van der Waals surface area contributed by atoms with Gasteiger partial charge in [-0.05, 0) is 61.2 Å². The first-order valence-electron chi connectivity index (χ1n) is 7.17. The van der Waals surface area contributed by atoms with Gasteiger partial charge in [-0.1, -0.05) is 0 Å². The predicted molar refractivity (Wildman–Crippen MR) is 86.3 cm³/mol. The third kappa shape index (κ3) is 5.19. The van der Waals surface area contributed by atoms with Crippen molar-refractivity contribution in [2.24, 2.45) is 5.92 Å². The van der Waals surface area contributed by atoms with Crippen molar-refractivity contribution in [3.63, 3.8) is 0 Å². The lowest BCUT2D eigenvalue weighted by molar-refractivity contribution is 0.0289. The Balaban J connectivity index is 1.77. The molecule has 1 aromatic rings. The van der Waals surface area contributed by atoms with Gasteiger partial charge in [0.05, 0.1) is 0 Å². The van der Waals surface area contributed by atoms with Crippen LogP contribution < -0.4 is 5.32 Å². The molecule has 1 saturated heterocycles. The number of hydrogen-bond acceptors (Lipinski definition) is 4. The molecule has 1 aliphatic rings. The molecular weight excluding hydrogens is 334 g/mol. The molecule has 1 fully saturated rings. The number of hydrogen-bond donors (Lipinski definition) is 1. The summed E-state index contributed by atoms with van der Waals surface area (Å²) in [5.74, 6) is 1.29. The average Bonchev–Trinajstić information content (AvgIpc) is 2.85. The molecule has 0 saturated carbocycles. The minimum Gasteiger partial charge on any atom is -0.444 e. The summed E-state index contributed by atoms with van der Waals surface area (Å²) >= 11 is 3.36. The quantitative estimate of drug-likeness (QED) is 0.901. The number of ether oxygens (including phenoxy) is 1. The molecule has 0 aliphatic carbocycles. The highest BCUT2D eigenvalue weighted by Crippen LogP contribution is 2.20. The first-order valence-corrected chi connectivity index (χ1v) is 7.96. The predicted octanol–water partition coefficient (Wildman–Crippen LogP) is 3.51. The van der Waals surface area contributed by atoms with Gasteiger partial charge in [0.2, 0.25) is 0 Å². The fraction of sp³-hybridized carbons (Fsp3) is 0.600. The van der Waals surface area contributed by atoms with Crippen LogP contribution in [0.1, 0.15) is 27.2 Å². The molecule has 21 heavy (non-hydrogen) atoms. The van der Waals surface area contributed by atoms with Crippen molar-refractivity contribution in [1.29, 1.82) is 0 Å². The van der Waals surface area contributed by atoms with Crippen LogP contribution in [-0.4, -0.2) is 41.2 Å².